The molecule has 0 saturated carbocycles. The lowest BCUT2D eigenvalue weighted by molar-refractivity contribution is 0.668. The monoisotopic (exact) mass is 842 g/mol. The summed E-state index contributed by atoms with van der Waals surface area (Å²) in [6.45, 7) is 0. The molecule has 4 nitrogen and oxygen atoms in total. The van der Waals surface area contributed by atoms with Crippen LogP contribution in [0, 0.1) is 0 Å². The maximum Gasteiger partial charge on any atom is 0.138 e. The first-order chi connectivity index (χ1) is 32.7. The number of nitrogens with zero attached hydrogens (tertiary/aromatic N) is 2. The van der Waals surface area contributed by atoms with Crippen LogP contribution < -0.4 is 4.90 Å². The molecule has 0 aliphatic heterocycles. The summed E-state index contributed by atoms with van der Waals surface area (Å²) in [5, 5.41) is 11.7. The van der Waals surface area contributed by atoms with Gasteiger partial charge in [0.15, 0.2) is 0 Å². The maximum atomic E-state index is 6.77. The Morgan fingerprint density at radius 2 is 0.939 bits per heavy atom. The van der Waals surface area contributed by atoms with Gasteiger partial charge in [-0.2, -0.15) is 0 Å². The van der Waals surface area contributed by atoms with Crippen molar-refractivity contribution in [2.75, 3.05) is 4.90 Å². The van der Waals surface area contributed by atoms with Crippen molar-refractivity contribution in [2.24, 2.45) is 0 Å². The SMILES string of the molecule is c1ccc(-c2c3c(cc4c2c2ccc(-c5cccc6oc7ccccc7c56)cc2n4-c2ccc(N(c4ccccc4)c4cc5ccccc5c5ccccc45)cc2)oc2ccccc23)cc1. The van der Waals surface area contributed by atoms with Crippen LogP contribution in [0.1, 0.15) is 0 Å². The van der Waals surface area contributed by atoms with E-state index in [2.05, 4.69) is 234 Å². The molecule has 0 bridgehead atoms. The van der Waals surface area contributed by atoms with Gasteiger partial charge in [0.25, 0.3) is 0 Å². The second kappa shape index (κ2) is 14.3. The third kappa shape index (κ3) is 5.45. The molecule has 3 aromatic heterocycles. The fourth-order valence-corrected chi connectivity index (χ4v) is 10.7. The minimum atomic E-state index is 0.858. The molecule has 0 aliphatic rings. The molecule has 0 fully saturated rings. The highest BCUT2D eigenvalue weighted by molar-refractivity contribution is 6.27. The predicted octanol–water partition coefficient (Wildman–Crippen LogP) is 17.7. The Kier molecular flexibility index (Phi) is 7.95. The van der Waals surface area contributed by atoms with E-state index in [4.69, 9.17) is 8.83 Å². The van der Waals surface area contributed by atoms with E-state index in [-0.39, 0.29) is 0 Å². The molecule has 0 unspecified atom stereocenters. The molecule has 0 amide bonds. The molecule has 4 heteroatoms. The standard InChI is InChI=1S/C62H38N2O2/c1-3-16-39(17-4-1)59-61-49-35-30-41(46-26-15-29-57-60(46)50-24-11-13-27-55(50)65-57)37-53(49)64(54(61)38-58-62(59)51-25-12-14-28-56(51)66-58)44-33-31-43(32-34-44)63(42-19-5-2-6-20-42)52-36-40-18-7-8-21-45(40)47-22-9-10-23-48(47)52/h1-38H. The van der Waals surface area contributed by atoms with Gasteiger partial charge in [0.1, 0.15) is 22.3 Å². The summed E-state index contributed by atoms with van der Waals surface area (Å²) < 4.78 is 15.6. The zero-order chi connectivity index (χ0) is 43.3. The van der Waals surface area contributed by atoms with E-state index in [1.165, 1.54) is 37.9 Å². The molecule has 66 heavy (non-hydrogen) atoms. The summed E-state index contributed by atoms with van der Waals surface area (Å²) in [4.78, 5) is 2.39. The second-order valence-electron chi connectivity index (χ2n) is 17.2. The number of furan rings is 2. The van der Waals surface area contributed by atoms with Crippen molar-refractivity contribution < 1.29 is 8.83 Å². The first kappa shape index (κ1) is 36.6. The van der Waals surface area contributed by atoms with Crippen LogP contribution in [0.5, 0.6) is 0 Å². The van der Waals surface area contributed by atoms with Gasteiger partial charge in [0.05, 0.1) is 16.7 Å². The molecule has 3 heterocycles. The molecule has 308 valence electrons. The van der Waals surface area contributed by atoms with Crippen LogP contribution in [-0.4, -0.2) is 4.57 Å². The van der Waals surface area contributed by atoms with Gasteiger partial charge in [-0.3, -0.25) is 0 Å². The highest BCUT2D eigenvalue weighted by Crippen LogP contribution is 2.48. The molecule has 0 radical (unpaired) electrons. The molecule has 0 N–H and O–H groups in total. The molecule has 0 spiro atoms. The van der Waals surface area contributed by atoms with Crippen molar-refractivity contribution in [1.29, 1.82) is 0 Å². The fourth-order valence-electron chi connectivity index (χ4n) is 10.7. The van der Waals surface area contributed by atoms with Crippen molar-refractivity contribution in [1.82, 2.24) is 4.57 Å². The first-order valence-corrected chi connectivity index (χ1v) is 22.5. The quantitative estimate of drug-likeness (QED) is 0.156. The molecule has 0 aliphatic carbocycles. The molecular formula is C62H38N2O2. The predicted molar refractivity (Wildman–Crippen MR) is 276 cm³/mol. The molecule has 11 aromatic carbocycles. The Morgan fingerprint density at radius 1 is 0.333 bits per heavy atom. The molecular weight excluding hydrogens is 805 g/mol. The lowest BCUT2D eigenvalue weighted by atomic mass is 9.93. The van der Waals surface area contributed by atoms with Crippen molar-refractivity contribution in [2.45, 2.75) is 0 Å². The topological polar surface area (TPSA) is 34.5 Å². The minimum Gasteiger partial charge on any atom is -0.456 e. The average Bonchev–Trinajstić information content (AvgIpc) is 4.06. The summed E-state index contributed by atoms with van der Waals surface area (Å²) >= 11 is 0. The van der Waals surface area contributed by atoms with Crippen LogP contribution in [-0.2, 0) is 0 Å². The lowest BCUT2D eigenvalue weighted by Crippen LogP contribution is -2.10. The van der Waals surface area contributed by atoms with Gasteiger partial charge in [-0.25, -0.2) is 0 Å². The van der Waals surface area contributed by atoms with Crippen LogP contribution in [0.4, 0.5) is 17.1 Å². The van der Waals surface area contributed by atoms with Gasteiger partial charge in [-0.1, -0.05) is 158 Å². The van der Waals surface area contributed by atoms with Gasteiger partial charge >= 0.3 is 0 Å². The first-order valence-electron chi connectivity index (χ1n) is 22.5. The van der Waals surface area contributed by atoms with Crippen molar-refractivity contribution in [3.8, 4) is 27.9 Å². The number of aromatic nitrogens is 1. The smallest absolute Gasteiger partial charge is 0.138 e. The van der Waals surface area contributed by atoms with E-state index in [9.17, 15) is 0 Å². The Bertz CT molecular complexity index is 4220. The van der Waals surface area contributed by atoms with E-state index >= 15 is 0 Å². The van der Waals surface area contributed by atoms with Crippen LogP contribution >= 0.6 is 0 Å². The number of anilines is 3. The van der Waals surface area contributed by atoms with E-state index in [1.54, 1.807) is 0 Å². The van der Waals surface area contributed by atoms with Crippen molar-refractivity contribution in [3.63, 3.8) is 0 Å². The third-order valence-corrected chi connectivity index (χ3v) is 13.5. The van der Waals surface area contributed by atoms with E-state index < -0.39 is 0 Å². The molecule has 14 aromatic rings. The van der Waals surface area contributed by atoms with Gasteiger partial charge in [0, 0.05) is 66.4 Å². The number of hydrogen-bond acceptors (Lipinski definition) is 3. The van der Waals surface area contributed by atoms with Gasteiger partial charge in [-0.05, 0) is 99.6 Å². The number of benzene rings is 11. The second-order valence-corrected chi connectivity index (χ2v) is 17.2. The third-order valence-electron chi connectivity index (χ3n) is 13.5. The largest absolute Gasteiger partial charge is 0.456 e. The molecule has 0 saturated heterocycles. The summed E-state index contributed by atoms with van der Waals surface area (Å²) in [5.74, 6) is 0. The Hall–Kier alpha value is -8.86. The maximum absolute atomic E-state index is 6.77. The van der Waals surface area contributed by atoms with Gasteiger partial charge in [-0.15, -0.1) is 0 Å². The summed E-state index contributed by atoms with van der Waals surface area (Å²) in [7, 11) is 0. The van der Waals surface area contributed by atoms with Crippen molar-refractivity contribution >= 4 is 104 Å². The van der Waals surface area contributed by atoms with Crippen LogP contribution in [0.15, 0.2) is 239 Å². The Balaban J connectivity index is 1.05. The fraction of sp³-hybridized carbons (Fsp3) is 0. The van der Waals surface area contributed by atoms with E-state index in [0.717, 1.165) is 94.4 Å². The average molecular weight is 843 g/mol. The molecule has 14 rings (SSSR count). The van der Waals surface area contributed by atoms with Gasteiger partial charge in [0.2, 0.25) is 0 Å². The summed E-state index contributed by atoms with van der Waals surface area (Å²) in [6.07, 6.45) is 0. The highest BCUT2D eigenvalue weighted by Gasteiger charge is 2.24. The number of hydrogen-bond donors (Lipinski definition) is 0. The van der Waals surface area contributed by atoms with Gasteiger partial charge < -0.3 is 18.3 Å². The Morgan fingerprint density at radius 3 is 1.71 bits per heavy atom. The van der Waals surface area contributed by atoms with Crippen LogP contribution in [0.3, 0.4) is 0 Å². The summed E-state index contributed by atoms with van der Waals surface area (Å²) in [5.41, 5.74) is 14.6. The van der Waals surface area contributed by atoms with E-state index in [0.29, 0.717) is 0 Å². The summed E-state index contributed by atoms with van der Waals surface area (Å²) in [6, 6.07) is 82.7. The molecule has 0 atom stereocenters. The van der Waals surface area contributed by atoms with Crippen molar-refractivity contribution in [3.05, 3.63) is 231 Å². The van der Waals surface area contributed by atoms with Crippen LogP contribution in [0.2, 0.25) is 0 Å². The zero-order valence-corrected chi connectivity index (χ0v) is 35.7. The van der Waals surface area contributed by atoms with E-state index in [1.807, 2.05) is 6.07 Å². The van der Waals surface area contributed by atoms with Crippen LogP contribution in [0.25, 0.3) is 115 Å². The lowest BCUT2D eigenvalue weighted by Gasteiger charge is -2.27. The highest BCUT2D eigenvalue weighted by atomic mass is 16.3. The minimum absolute atomic E-state index is 0.858. The normalized spacial score (nSPS) is 11.9. The zero-order valence-electron chi connectivity index (χ0n) is 35.7. The Labute approximate surface area is 379 Å². The number of para-hydroxylation sites is 3. The number of rotatable bonds is 6. The number of fused-ring (bicyclic) bond motifs is 12.